The molecule has 4 aliphatic carbocycles. The largest absolute Gasteiger partial charge is 0.0805 e. The summed E-state index contributed by atoms with van der Waals surface area (Å²) in [4.78, 5) is 0. The zero-order valence-corrected chi connectivity index (χ0v) is 22.1. The lowest BCUT2D eigenvalue weighted by Crippen LogP contribution is -1.88. The average Bonchev–Trinajstić information content (AvgIpc) is 3.56. The molecule has 0 bridgehead atoms. The second-order valence-corrected chi connectivity index (χ2v) is 10.1. The van der Waals surface area contributed by atoms with Gasteiger partial charge in [-0.05, 0) is 60.5 Å². The number of hydrogen-bond acceptors (Lipinski definition) is 0. The van der Waals surface area contributed by atoms with Gasteiger partial charge in [-0.1, -0.05) is 139 Å². The van der Waals surface area contributed by atoms with Gasteiger partial charge in [0.15, 0.2) is 0 Å². The first kappa shape index (κ1) is 28.0. The molecule has 4 aliphatic rings. The quantitative estimate of drug-likeness (QED) is 0.414. The van der Waals surface area contributed by atoms with E-state index in [2.05, 4.69) is 128 Å². The van der Waals surface area contributed by atoms with Crippen LogP contribution in [0.15, 0.2) is 95.2 Å². The Balaban J connectivity index is 0.000000213. The van der Waals surface area contributed by atoms with Crippen LogP contribution in [0.1, 0.15) is 81.1 Å². The maximum Gasteiger partial charge on any atom is -0.0130 e. The summed E-state index contributed by atoms with van der Waals surface area (Å²) in [5.41, 5.74) is 6.10. The van der Waals surface area contributed by atoms with Gasteiger partial charge < -0.3 is 0 Å². The molecule has 32 heavy (non-hydrogen) atoms. The van der Waals surface area contributed by atoms with Crippen molar-refractivity contribution in [2.75, 3.05) is 0 Å². The summed E-state index contributed by atoms with van der Waals surface area (Å²) < 4.78 is 0. The number of rotatable bonds is 4. The van der Waals surface area contributed by atoms with E-state index in [1.54, 1.807) is 11.1 Å². The Bertz CT molecular complexity index is 712. The van der Waals surface area contributed by atoms with E-state index in [-0.39, 0.29) is 0 Å². The van der Waals surface area contributed by atoms with Gasteiger partial charge >= 0.3 is 0 Å². The Kier molecular flexibility index (Phi) is 13.7. The molecule has 0 atom stereocenters. The molecule has 0 nitrogen and oxygen atoms in total. The van der Waals surface area contributed by atoms with E-state index in [0.29, 0.717) is 11.8 Å². The number of allylic oxidation sites excluding steroid dienone is 16. The monoisotopic (exact) mass is 432 g/mol. The molecule has 0 aromatic heterocycles. The highest BCUT2D eigenvalue weighted by Crippen LogP contribution is 2.19. The second kappa shape index (κ2) is 15.7. The topological polar surface area (TPSA) is 0 Å². The third-order valence-corrected chi connectivity index (χ3v) is 6.02. The molecule has 0 N–H and O–H groups in total. The summed E-state index contributed by atoms with van der Waals surface area (Å²) in [6, 6.07) is 0. The molecule has 0 fully saturated rings. The molecular formula is C32H48. The van der Waals surface area contributed by atoms with Gasteiger partial charge in [0.05, 0.1) is 0 Å². The van der Waals surface area contributed by atoms with E-state index >= 15 is 0 Å². The summed E-state index contributed by atoms with van der Waals surface area (Å²) in [6.45, 7) is 17.8. The predicted octanol–water partition coefficient (Wildman–Crippen LogP) is 10.1. The first-order valence-corrected chi connectivity index (χ1v) is 12.7. The summed E-state index contributed by atoms with van der Waals surface area (Å²) in [6.07, 6.45) is 31.1. The lowest BCUT2D eigenvalue weighted by Gasteiger charge is -2.02. The fourth-order valence-electron chi connectivity index (χ4n) is 3.59. The van der Waals surface area contributed by atoms with E-state index < -0.39 is 0 Å². The minimum absolute atomic E-state index is 0.716. The van der Waals surface area contributed by atoms with E-state index in [4.69, 9.17) is 0 Å². The van der Waals surface area contributed by atoms with Crippen molar-refractivity contribution in [3.05, 3.63) is 95.2 Å². The molecule has 0 heteroatoms. The Hall–Kier alpha value is -2.08. The van der Waals surface area contributed by atoms with Crippen LogP contribution in [0, 0.1) is 23.7 Å². The van der Waals surface area contributed by atoms with Gasteiger partial charge in [-0.25, -0.2) is 0 Å². The average molecular weight is 433 g/mol. The van der Waals surface area contributed by atoms with Crippen LogP contribution in [0.3, 0.4) is 0 Å². The zero-order chi connectivity index (χ0) is 23.9. The van der Waals surface area contributed by atoms with Crippen LogP contribution in [-0.2, 0) is 0 Å². The highest BCUT2D eigenvalue weighted by atomic mass is 14.1. The van der Waals surface area contributed by atoms with Crippen LogP contribution in [-0.4, -0.2) is 0 Å². The molecule has 0 unspecified atom stereocenters. The molecular weight excluding hydrogens is 384 g/mol. The van der Waals surface area contributed by atoms with Crippen molar-refractivity contribution in [2.24, 2.45) is 23.7 Å². The highest BCUT2D eigenvalue weighted by Gasteiger charge is 2.03. The molecule has 0 saturated carbocycles. The van der Waals surface area contributed by atoms with Crippen molar-refractivity contribution in [1.29, 1.82) is 0 Å². The zero-order valence-electron chi connectivity index (χ0n) is 22.1. The van der Waals surface area contributed by atoms with Crippen LogP contribution in [0.25, 0.3) is 0 Å². The Morgan fingerprint density at radius 3 is 1.00 bits per heavy atom. The molecule has 0 saturated heterocycles. The Morgan fingerprint density at radius 1 is 0.500 bits per heavy atom. The van der Waals surface area contributed by atoms with Crippen molar-refractivity contribution in [1.82, 2.24) is 0 Å². The molecule has 0 amide bonds. The van der Waals surface area contributed by atoms with Crippen LogP contribution < -0.4 is 0 Å². The predicted molar refractivity (Wildman–Crippen MR) is 147 cm³/mol. The SMILES string of the molecule is CC(C)C1=CC=CC1.CC(C)C1=CC=CC1.CC(C)C1=CCC=C1.CC(C)C1=CCC=C1. The van der Waals surface area contributed by atoms with Gasteiger partial charge in [0.1, 0.15) is 0 Å². The summed E-state index contributed by atoms with van der Waals surface area (Å²) in [5, 5.41) is 0. The minimum Gasteiger partial charge on any atom is -0.0805 e. The third kappa shape index (κ3) is 11.5. The van der Waals surface area contributed by atoms with Crippen LogP contribution in [0.2, 0.25) is 0 Å². The molecule has 176 valence electrons. The van der Waals surface area contributed by atoms with Gasteiger partial charge in [0.2, 0.25) is 0 Å². The molecule has 0 aromatic rings. The third-order valence-electron chi connectivity index (χ3n) is 6.02. The van der Waals surface area contributed by atoms with Crippen molar-refractivity contribution in [3.63, 3.8) is 0 Å². The lowest BCUT2D eigenvalue weighted by atomic mass is 10.0. The highest BCUT2D eigenvalue weighted by molar-refractivity contribution is 5.28. The first-order chi connectivity index (χ1) is 15.2. The molecule has 4 rings (SSSR count). The van der Waals surface area contributed by atoms with Crippen molar-refractivity contribution < 1.29 is 0 Å². The fourth-order valence-corrected chi connectivity index (χ4v) is 3.59. The van der Waals surface area contributed by atoms with Crippen LogP contribution >= 0.6 is 0 Å². The lowest BCUT2D eigenvalue weighted by molar-refractivity contribution is 0.753. The summed E-state index contributed by atoms with van der Waals surface area (Å²) in [7, 11) is 0. The van der Waals surface area contributed by atoms with Gasteiger partial charge in [0.25, 0.3) is 0 Å². The van der Waals surface area contributed by atoms with E-state index in [1.165, 1.54) is 24.0 Å². The smallest absolute Gasteiger partial charge is 0.0130 e. The minimum atomic E-state index is 0.716. The standard InChI is InChI=1S/4C8H12/c4*1-7(2)8-5-3-4-6-8/h2*3,5-7H,4H2,1-2H3;2*3-5,7H,6H2,1-2H3. The maximum atomic E-state index is 2.28. The van der Waals surface area contributed by atoms with Gasteiger partial charge in [0, 0.05) is 0 Å². The van der Waals surface area contributed by atoms with Crippen LogP contribution in [0.5, 0.6) is 0 Å². The van der Waals surface area contributed by atoms with Gasteiger partial charge in [-0.2, -0.15) is 0 Å². The second-order valence-electron chi connectivity index (χ2n) is 10.1. The molecule has 0 aliphatic heterocycles. The summed E-state index contributed by atoms with van der Waals surface area (Å²) >= 11 is 0. The number of hydrogen-bond donors (Lipinski definition) is 0. The fraction of sp³-hybridized carbons (Fsp3) is 0.500. The van der Waals surface area contributed by atoms with E-state index in [9.17, 15) is 0 Å². The molecule has 0 spiro atoms. The van der Waals surface area contributed by atoms with E-state index in [1.807, 2.05) is 0 Å². The van der Waals surface area contributed by atoms with E-state index in [0.717, 1.165) is 24.7 Å². The molecule has 0 radical (unpaired) electrons. The first-order valence-electron chi connectivity index (χ1n) is 12.7. The Labute approximate surface area is 200 Å². The molecule has 0 aromatic carbocycles. The molecule has 0 heterocycles. The van der Waals surface area contributed by atoms with Crippen molar-refractivity contribution >= 4 is 0 Å². The van der Waals surface area contributed by atoms with Crippen molar-refractivity contribution in [3.8, 4) is 0 Å². The Morgan fingerprint density at radius 2 is 0.875 bits per heavy atom. The maximum absolute atomic E-state index is 2.28. The normalized spacial score (nSPS) is 17.6. The van der Waals surface area contributed by atoms with Crippen LogP contribution in [0.4, 0.5) is 0 Å². The van der Waals surface area contributed by atoms with Crippen molar-refractivity contribution in [2.45, 2.75) is 81.1 Å². The summed E-state index contributed by atoms with van der Waals surface area (Å²) in [5.74, 6) is 2.91. The van der Waals surface area contributed by atoms with Gasteiger partial charge in [-0.3, -0.25) is 0 Å². The van der Waals surface area contributed by atoms with Gasteiger partial charge in [-0.15, -0.1) is 0 Å².